The van der Waals surface area contributed by atoms with Crippen LogP contribution in [0.4, 0.5) is 0 Å². The van der Waals surface area contributed by atoms with E-state index in [0.29, 0.717) is 0 Å². The Bertz CT molecular complexity index is 1680. The molecule has 0 aliphatic heterocycles. The zero-order valence-electron chi connectivity index (χ0n) is 22.3. The van der Waals surface area contributed by atoms with Gasteiger partial charge in [0.2, 0.25) is 0 Å². The van der Waals surface area contributed by atoms with Gasteiger partial charge in [-0.15, -0.1) is 0 Å². The lowest BCUT2D eigenvalue weighted by Crippen LogP contribution is -2.01. The van der Waals surface area contributed by atoms with Crippen molar-refractivity contribution in [1.82, 2.24) is 0 Å². The molecule has 0 heteroatoms. The lowest BCUT2D eigenvalue weighted by atomic mass is 9.85. The molecule has 39 heavy (non-hydrogen) atoms. The molecule has 0 bridgehead atoms. The van der Waals surface area contributed by atoms with Crippen LogP contribution in [0.3, 0.4) is 0 Å². The van der Waals surface area contributed by atoms with Crippen LogP contribution in [0.2, 0.25) is 0 Å². The van der Waals surface area contributed by atoms with Crippen molar-refractivity contribution in [1.29, 1.82) is 0 Å². The number of aryl methyl sites for hydroxylation is 1. The third-order valence-corrected chi connectivity index (χ3v) is 7.59. The number of hydrogen-bond acceptors (Lipinski definition) is 0. The van der Waals surface area contributed by atoms with E-state index in [-0.39, 0.29) is 0 Å². The van der Waals surface area contributed by atoms with Crippen LogP contribution >= 0.6 is 0 Å². The van der Waals surface area contributed by atoms with Crippen LogP contribution in [0.15, 0.2) is 152 Å². The first-order chi connectivity index (χ1) is 19.3. The molecule has 0 aliphatic carbocycles. The van der Waals surface area contributed by atoms with Gasteiger partial charge in [-0.2, -0.15) is 0 Å². The molecule has 0 aliphatic rings. The summed E-state index contributed by atoms with van der Waals surface area (Å²) in [5.41, 5.74) is 14.5. The first-order valence-electron chi connectivity index (χ1n) is 13.7. The third-order valence-electron chi connectivity index (χ3n) is 7.59. The monoisotopic (exact) mass is 500 g/mol. The molecule has 0 N–H and O–H groups in total. The summed E-state index contributed by atoms with van der Waals surface area (Å²) in [6, 6.07) is 54.8. The van der Waals surface area contributed by atoms with Crippen molar-refractivity contribution in [2.75, 3.05) is 0 Å². The summed E-state index contributed by atoms with van der Waals surface area (Å²) in [7, 11) is 0. The van der Waals surface area contributed by atoms with Gasteiger partial charge in [0.05, 0.1) is 0 Å². The van der Waals surface area contributed by atoms with Crippen molar-refractivity contribution in [2.45, 2.75) is 19.8 Å². The van der Waals surface area contributed by atoms with Crippen molar-refractivity contribution >= 4 is 0 Å². The van der Waals surface area contributed by atoms with E-state index in [1.54, 1.807) is 0 Å². The Morgan fingerprint density at radius 2 is 0.744 bits per heavy atom. The second kappa shape index (κ2) is 11.4. The molecule has 0 unspecified atom stereocenters. The van der Waals surface area contributed by atoms with Crippen LogP contribution in [-0.2, 0) is 12.8 Å². The average molecular weight is 501 g/mol. The summed E-state index contributed by atoms with van der Waals surface area (Å²) in [4.78, 5) is 0. The molecule has 0 spiro atoms. The van der Waals surface area contributed by atoms with Gasteiger partial charge in [0.1, 0.15) is 0 Å². The second-order valence-corrected chi connectivity index (χ2v) is 10.2. The number of rotatable bonds is 7. The van der Waals surface area contributed by atoms with Crippen molar-refractivity contribution in [3.63, 3.8) is 0 Å². The predicted molar refractivity (Wildman–Crippen MR) is 166 cm³/mol. The molecule has 6 rings (SSSR count). The molecule has 0 nitrogen and oxygen atoms in total. The van der Waals surface area contributed by atoms with Crippen molar-refractivity contribution in [2.24, 2.45) is 0 Å². The Morgan fingerprint density at radius 1 is 0.333 bits per heavy atom. The molecule has 0 heterocycles. The summed E-state index contributed by atoms with van der Waals surface area (Å²) < 4.78 is 0. The first kappa shape index (κ1) is 24.6. The zero-order chi connectivity index (χ0) is 26.4. The molecule has 6 aromatic rings. The van der Waals surface area contributed by atoms with Crippen LogP contribution in [-0.4, -0.2) is 0 Å². The van der Waals surface area contributed by atoms with Crippen LogP contribution < -0.4 is 0 Å². The normalized spacial score (nSPS) is 10.9. The van der Waals surface area contributed by atoms with Gasteiger partial charge in [-0.25, -0.2) is 0 Å². The molecular formula is C39H32. The highest BCUT2D eigenvalue weighted by atomic mass is 14.2. The topological polar surface area (TPSA) is 0 Å². The van der Waals surface area contributed by atoms with Crippen LogP contribution in [0.5, 0.6) is 0 Å². The van der Waals surface area contributed by atoms with Gasteiger partial charge in [-0.3, -0.25) is 0 Å². The van der Waals surface area contributed by atoms with Gasteiger partial charge in [-0.05, 0) is 81.0 Å². The van der Waals surface area contributed by atoms with Crippen molar-refractivity contribution < 1.29 is 0 Å². The second-order valence-electron chi connectivity index (χ2n) is 10.2. The van der Waals surface area contributed by atoms with Gasteiger partial charge in [0.25, 0.3) is 0 Å². The summed E-state index contributed by atoms with van der Waals surface area (Å²) >= 11 is 0. The van der Waals surface area contributed by atoms with Crippen LogP contribution in [0.1, 0.15) is 27.8 Å². The van der Waals surface area contributed by atoms with Gasteiger partial charge in [0, 0.05) is 0 Å². The van der Waals surface area contributed by atoms with Crippen molar-refractivity contribution in [3.05, 3.63) is 179 Å². The largest absolute Gasteiger partial charge is 0.0622 e. The molecular weight excluding hydrogens is 468 g/mol. The summed E-state index contributed by atoms with van der Waals surface area (Å²) in [5, 5.41) is 0. The Hall–Kier alpha value is -4.68. The molecule has 0 saturated carbocycles. The van der Waals surface area contributed by atoms with Gasteiger partial charge < -0.3 is 0 Å². The molecule has 0 fully saturated rings. The maximum absolute atomic E-state index is 2.31. The molecule has 0 saturated heterocycles. The Labute approximate surface area is 232 Å². The highest BCUT2D eigenvalue weighted by Gasteiger charge is 2.16. The van der Waals surface area contributed by atoms with E-state index in [4.69, 9.17) is 0 Å². The molecule has 0 radical (unpaired) electrons. The summed E-state index contributed by atoms with van der Waals surface area (Å²) in [6.07, 6.45) is 1.76. The quantitative estimate of drug-likeness (QED) is 0.204. The predicted octanol–water partition coefficient (Wildman–Crippen LogP) is 10.2. The number of benzene rings is 6. The highest BCUT2D eigenvalue weighted by molar-refractivity contribution is 5.76. The smallest absolute Gasteiger partial charge is 0.00133 e. The van der Waals surface area contributed by atoms with Gasteiger partial charge >= 0.3 is 0 Å². The van der Waals surface area contributed by atoms with Crippen LogP contribution in [0.25, 0.3) is 33.4 Å². The minimum atomic E-state index is 0.877. The van der Waals surface area contributed by atoms with E-state index in [2.05, 4.69) is 159 Å². The molecule has 0 amide bonds. The SMILES string of the molecule is Cc1cccc(Cc2cccc(Cc3ccccc3-c3ccccc3)c2-c2ccccc2)c1-c1ccccc1. The summed E-state index contributed by atoms with van der Waals surface area (Å²) in [6.45, 7) is 2.22. The van der Waals surface area contributed by atoms with Gasteiger partial charge in [-0.1, -0.05) is 152 Å². The lowest BCUT2D eigenvalue weighted by molar-refractivity contribution is 1.14. The van der Waals surface area contributed by atoms with Gasteiger partial charge in [0.15, 0.2) is 0 Å². The maximum Gasteiger partial charge on any atom is -0.00133 e. The Balaban J connectivity index is 1.47. The Kier molecular flexibility index (Phi) is 7.19. The minimum Gasteiger partial charge on any atom is -0.0622 e. The average Bonchev–Trinajstić information content (AvgIpc) is 2.99. The van der Waals surface area contributed by atoms with E-state index in [1.165, 1.54) is 61.2 Å². The standard InChI is InChI=1S/C39H32/c1-29-15-13-23-34(38(29)31-18-7-3-8-19-31)28-36-25-14-24-35(39(36)32-20-9-4-10-21-32)27-33-22-11-12-26-37(33)30-16-5-2-6-17-30/h2-26H,27-28H2,1H3. The fourth-order valence-electron chi connectivity index (χ4n) is 5.80. The van der Waals surface area contributed by atoms with Crippen molar-refractivity contribution in [3.8, 4) is 33.4 Å². The molecule has 188 valence electrons. The Morgan fingerprint density at radius 3 is 1.36 bits per heavy atom. The van der Waals surface area contributed by atoms with E-state index >= 15 is 0 Å². The van der Waals surface area contributed by atoms with E-state index in [1.807, 2.05) is 0 Å². The molecule has 6 aromatic carbocycles. The summed E-state index contributed by atoms with van der Waals surface area (Å²) in [5.74, 6) is 0. The maximum atomic E-state index is 2.31. The van der Waals surface area contributed by atoms with E-state index < -0.39 is 0 Å². The molecule has 0 aromatic heterocycles. The third kappa shape index (κ3) is 5.33. The fraction of sp³-hybridized carbons (Fsp3) is 0.0769. The minimum absolute atomic E-state index is 0.877. The first-order valence-corrected chi connectivity index (χ1v) is 13.7. The highest BCUT2D eigenvalue weighted by Crippen LogP contribution is 2.36. The van der Waals surface area contributed by atoms with Crippen LogP contribution in [0, 0.1) is 6.92 Å². The van der Waals surface area contributed by atoms with E-state index in [9.17, 15) is 0 Å². The number of hydrogen-bond donors (Lipinski definition) is 0. The fourth-order valence-corrected chi connectivity index (χ4v) is 5.80. The molecule has 0 atom stereocenters. The van der Waals surface area contributed by atoms with E-state index in [0.717, 1.165) is 12.8 Å². The lowest BCUT2D eigenvalue weighted by Gasteiger charge is -2.19. The zero-order valence-corrected chi connectivity index (χ0v) is 22.3.